The Labute approximate surface area is 216 Å². The Hall–Kier alpha value is -3.40. The summed E-state index contributed by atoms with van der Waals surface area (Å²) in [4.78, 5) is 0. The predicted octanol–water partition coefficient (Wildman–Crippen LogP) is 7.63. The first-order valence-corrected chi connectivity index (χ1v) is 11.8. The van der Waals surface area contributed by atoms with E-state index in [0.29, 0.717) is 16.6 Å². The van der Waals surface area contributed by atoms with E-state index >= 15 is 0 Å². The van der Waals surface area contributed by atoms with Gasteiger partial charge in [0.2, 0.25) is 0 Å². The summed E-state index contributed by atoms with van der Waals surface area (Å²) in [5.74, 6) is 0. The highest BCUT2D eigenvalue weighted by Crippen LogP contribution is 2.37. The average Bonchev–Trinajstić information content (AvgIpc) is 3.16. The molecular formula is C32H29BO2. The minimum atomic E-state index is -0.645. The van der Waals surface area contributed by atoms with Gasteiger partial charge in [0.25, 0.3) is 0 Å². The lowest BCUT2D eigenvalue weighted by atomic mass is 9.78. The van der Waals surface area contributed by atoms with Gasteiger partial charge >= 0.3 is 7.12 Å². The summed E-state index contributed by atoms with van der Waals surface area (Å²) in [5, 5.41) is 1.83. The minimum absolute atomic E-state index is 0.0287. The summed E-state index contributed by atoms with van der Waals surface area (Å²) >= 11 is 0. The molecule has 0 unspecified atom stereocenters. The molecule has 0 aromatic heterocycles. The summed E-state index contributed by atoms with van der Waals surface area (Å²) in [6, 6.07) is 19.3. The van der Waals surface area contributed by atoms with Gasteiger partial charge in [0, 0.05) is 0 Å². The lowest BCUT2D eigenvalue weighted by Crippen LogP contribution is -2.41. The third-order valence-electron chi connectivity index (χ3n) is 7.13. The van der Waals surface area contributed by atoms with Crippen molar-refractivity contribution in [1.29, 1.82) is 0 Å². The van der Waals surface area contributed by atoms with Gasteiger partial charge in [-0.2, -0.15) is 0 Å². The summed E-state index contributed by atoms with van der Waals surface area (Å²) < 4.78 is 66.3. The lowest BCUT2D eigenvalue weighted by Gasteiger charge is -2.32. The average molecular weight is 462 g/mol. The minimum Gasteiger partial charge on any atom is -0.399 e. The zero-order valence-corrected chi connectivity index (χ0v) is 20.2. The molecule has 6 rings (SSSR count). The Kier molecular flexibility index (Phi) is 3.77. The zero-order chi connectivity index (χ0) is 29.4. The zero-order valence-electron chi connectivity index (χ0n) is 26.2. The first kappa shape index (κ1) is 16.3. The van der Waals surface area contributed by atoms with Crippen LogP contribution in [0, 0.1) is 0 Å². The lowest BCUT2D eigenvalue weighted by molar-refractivity contribution is 0.00578. The van der Waals surface area contributed by atoms with E-state index in [1.54, 1.807) is 24.3 Å². The second kappa shape index (κ2) is 8.08. The van der Waals surface area contributed by atoms with Crippen LogP contribution in [0.5, 0.6) is 0 Å². The number of rotatable bonds is 3. The van der Waals surface area contributed by atoms with Gasteiger partial charge in [-0.1, -0.05) is 90.9 Å². The summed E-state index contributed by atoms with van der Waals surface area (Å²) in [5.41, 5.74) is 1.16. The molecule has 1 aliphatic rings. The number of hydrogen-bond acceptors (Lipinski definition) is 2. The van der Waals surface area contributed by atoms with Gasteiger partial charge < -0.3 is 9.31 Å². The Morgan fingerprint density at radius 3 is 2.03 bits per heavy atom. The highest BCUT2D eigenvalue weighted by molar-refractivity contribution is 6.62. The molecule has 2 nitrogen and oxygen atoms in total. The normalized spacial score (nSPS) is 19.1. The van der Waals surface area contributed by atoms with Gasteiger partial charge in [-0.3, -0.25) is 0 Å². The highest BCUT2D eigenvalue weighted by Gasteiger charge is 2.51. The van der Waals surface area contributed by atoms with Crippen LogP contribution in [-0.4, -0.2) is 18.3 Å². The first-order chi connectivity index (χ1) is 19.3. The molecule has 35 heavy (non-hydrogen) atoms. The molecule has 0 bridgehead atoms. The van der Waals surface area contributed by atoms with Crippen LogP contribution in [0.25, 0.3) is 43.8 Å². The number of hydrogen-bond donors (Lipinski definition) is 0. The Morgan fingerprint density at radius 2 is 1.26 bits per heavy atom. The molecule has 0 atom stereocenters. The van der Waals surface area contributed by atoms with E-state index in [9.17, 15) is 0 Å². The SMILES string of the molecule is [2H]c1c(-c2cccc3ccccc23)c([2H])c2c([2H])c([2H])c(-c3cccc(B4OC(C)(C)C(C)(C)O4)c3)c([2H])c2c1[2H]. The summed E-state index contributed by atoms with van der Waals surface area (Å²) in [7, 11) is -0.645. The van der Waals surface area contributed by atoms with Gasteiger partial charge in [0.15, 0.2) is 0 Å². The van der Waals surface area contributed by atoms with Gasteiger partial charge in [0.1, 0.15) is 0 Å². The Morgan fingerprint density at radius 1 is 0.629 bits per heavy atom. The van der Waals surface area contributed by atoms with E-state index in [2.05, 4.69) is 0 Å². The Bertz CT molecular complexity index is 1860. The monoisotopic (exact) mass is 462 g/mol. The molecule has 0 saturated carbocycles. The fourth-order valence-corrected chi connectivity index (χ4v) is 4.42. The predicted molar refractivity (Wildman–Crippen MR) is 148 cm³/mol. The molecule has 0 N–H and O–H groups in total. The van der Waals surface area contributed by atoms with Crippen LogP contribution in [0.2, 0.25) is 0 Å². The first-order valence-electron chi connectivity index (χ1n) is 14.8. The van der Waals surface area contributed by atoms with Crippen molar-refractivity contribution in [3.05, 3.63) is 103 Å². The molecule has 0 amide bonds. The highest BCUT2D eigenvalue weighted by atomic mass is 16.7. The van der Waals surface area contributed by atoms with E-state index in [1.807, 2.05) is 70.2 Å². The maximum atomic E-state index is 9.11. The van der Waals surface area contributed by atoms with Gasteiger partial charge in [-0.25, -0.2) is 0 Å². The molecule has 1 fully saturated rings. The van der Waals surface area contributed by atoms with Crippen LogP contribution in [-0.2, 0) is 9.31 Å². The molecule has 0 aliphatic carbocycles. The molecule has 0 radical (unpaired) electrons. The van der Waals surface area contributed by atoms with Crippen molar-refractivity contribution in [3.8, 4) is 22.3 Å². The van der Waals surface area contributed by atoms with E-state index in [0.717, 1.165) is 10.8 Å². The smallest absolute Gasteiger partial charge is 0.399 e. The van der Waals surface area contributed by atoms with Crippen LogP contribution in [0.3, 0.4) is 0 Å². The third kappa shape index (κ3) is 3.85. The molecule has 172 valence electrons. The molecule has 5 aromatic rings. The number of fused-ring (bicyclic) bond motifs is 2. The topological polar surface area (TPSA) is 18.5 Å². The quantitative estimate of drug-likeness (QED) is 0.257. The van der Waals surface area contributed by atoms with Crippen molar-refractivity contribution in [1.82, 2.24) is 0 Å². The third-order valence-corrected chi connectivity index (χ3v) is 7.13. The summed E-state index contributed by atoms with van der Waals surface area (Å²) in [6.07, 6.45) is 0. The fraction of sp³-hybridized carbons (Fsp3) is 0.188. The van der Waals surface area contributed by atoms with Crippen molar-refractivity contribution in [2.24, 2.45) is 0 Å². The van der Waals surface area contributed by atoms with Crippen molar-refractivity contribution in [2.75, 3.05) is 0 Å². The van der Waals surface area contributed by atoms with Crippen molar-refractivity contribution in [3.63, 3.8) is 0 Å². The molecular weight excluding hydrogens is 427 g/mol. The number of benzene rings is 5. The van der Waals surface area contributed by atoms with Crippen LogP contribution >= 0.6 is 0 Å². The molecule has 0 spiro atoms. The maximum Gasteiger partial charge on any atom is 0.494 e. The molecule has 3 heteroatoms. The van der Waals surface area contributed by atoms with E-state index in [-0.39, 0.29) is 58.2 Å². The van der Waals surface area contributed by atoms with Gasteiger partial charge in [-0.15, -0.1) is 0 Å². The van der Waals surface area contributed by atoms with Crippen molar-refractivity contribution < 1.29 is 17.5 Å². The fourth-order valence-electron chi connectivity index (χ4n) is 4.42. The van der Waals surface area contributed by atoms with Crippen LogP contribution in [0.1, 0.15) is 35.9 Å². The van der Waals surface area contributed by atoms with Crippen LogP contribution < -0.4 is 5.46 Å². The van der Waals surface area contributed by atoms with Crippen molar-refractivity contribution >= 4 is 34.1 Å². The van der Waals surface area contributed by atoms with Crippen LogP contribution in [0.15, 0.2) is 103 Å². The standard InChI is InChI=1S/C32H29BO2/c1-31(2)32(3,4)35-33(34-31)28-12-7-11-23(21-28)24-15-16-26-20-27(18-17-25(26)19-24)30-14-8-10-22-9-5-6-13-29(22)30/h5-21H,1-4H3/i15D,16D,17D,18D,19D,20D. The molecule has 5 aromatic carbocycles. The van der Waals surface area contributed by atoms with Gasteiger partial charge in [-0.05, 0) is 89.0 Å². The second-order valence-electron chi connectivity index (χ2n) is 9.99. The van der Waals surface area contributed by atoms with Crippen LogP contribution in [0.4, 0.5) is 0 Å². The van der Waals surface area contributed by atoms with E-state index in [1.165, 1.54) is 0 Å². The molecule has 1 saturated heterocycles. The van der Waals surface area contributed by atoms with E-state index < -0.39 is 18.3 Å². The largest absolute Gasteiger partial charge is 0.494 e. The summed E-state index contributed by atoms with van der Waals surface area (Å²) in [6.45, 7) is 7.87. The van der Waals surface area contributed by atoms with Gasteiger partial charge in [0.05, 0.1) is 19.4 Å². The maximum absolute atomic E-state index is 9.11. The van der Waals surface area contributed by atoms with Crippen molar-refractivity contribution in [2.45, 2.75) is 38.9 Å². The molecule has 1 aliphatic heterocycles. The van der Waals surface area contributed by atoms with E-state index in [4.69, 9.17) is 17.5 Å². The Balaban J connectivity index is 1.57. The second-order valence-corrected chi connectivity index (χ2v) is 9.99. The molecule has 1 heterocycles.